The molecule has 24 heavy (non-hydrogen) atoms. The summed E-state index contributed by atoms with van der Waals surface area (Å²) in [6.07, 6.45) is -2.24. The molecule has 1 saturated heterocycles. The van der Waals surface area contributed by atoms with Gasteiger partial charge in [0.2, 0.25) is 6.29 Å². The molecule has 1 unspecified atom stereocenters. The van der Waals surface area contributed by atoms with Gasteiger partial charge in [0, 0.05) is 30.5 Å². The summed E-state index contributed by atoms with van der Waals surface area (Å²) in [5.74, 6) is 0.430. The first-order chi connectivity index (χ1) is 11.5. The maximum absolute atomic E-state index is 11.7. The van der Waals surface area contributed by atoms with E-state index in [-0.39, 0.29) is 18.7 Å². The van der Waals surface area contributed by atoms with E-state index in [0.29, 0.717) is 16.9 Å². The van der Waals surface area contributed by atoms with Crippen LogP contribution in [0.4, 0.5) is 0 Å². The molecule has 1 aromatic carbocycles. The average Bonchev–Trinajstić information content (AvgIpc) is 2.57. The Morgan fingerprint density at radius 2 is 1.88 bits per heavy atom. The highest BCUT2D eigenvalue weighted by atomic mass is 16.7. The molecule has 1 aromatic heterocycles. The molecule has 3 N–H and O–H groups in total. The van der Waals surface area contributed by atoms with Gasteiger partial charge in [-0.1, -0.05) is 0 Å². The predicted octanol–water partition coefficient (Wildman–Crippen LogP) is 0.865. The fraction of sp³-hybridized carbons (Fsp3) is 0.471. The fourth-order valence-corrected chi connectivity index (χ4v) is 2.52. The lowest BCUT2D eigenvalue weighted by molar-refractivity contribution is -0.198. The zero-order valence-corrected chi connectivity index (χ0v) is 13.9. The van der Waals surface area contributed by atoms with Crippen molar-refractivity contribution < 1.29 is 29.2 Å². The van der Waals surface area contributed by atoms with E-state index in [1.165, 1.54) is 0 Å². The Morgan fingerprint density at radius 3 is 2.54 bits per heavy atom. The van der Waals surface area contributed by atoms with Gasteiger partial charge in [-0.3, -0.25) is 0 Å². The number of aliphatic hydroxyl groups is 3. The second-order valence-corrected chi connectivity index (χ2v) is 5.57. The highest BCUT2D eigenvalue weighted by Gasteiger charge is 2.30. The van der Waals surface area contributed by atoms with Crippen molar-refractivity contribution in [1.82, 2.24) is 0 Å². The molecule has 3 atom stereocenters. The molecule has 2 heterocycles. The molecule has 0 spiro atoms. The number of rotatable bonds is 2. The van der Waals surface area contributed by atoms with Gasteiger partial charge in [-0.15, -0.1) is 0 Å². The Morgan fingerprint density at radius 1 is 1.17 bits per heavy atom. The Hall–Kier alpha value is -1.93. The van der Waals surface area contributed by atoms with Crippen molar-refractivity contribution >= 4 is 11.0 Å². The lowest BCUT2D eigenvalue weighted by atomic mass is 10.1. The first kappa shape index (κ1) is 18.4. The van der Waals surface area contributed by atoms with Crippen molar-refractivity contribution in [3.63, 3.8) is 0 Å². The third kappa shape index (κ3) is 3.76. The minimum Gasteiger partial charge on any atom is -0.462 e. The molecule has 1 aliphatic rings. The molecule has 7 nitrogen and oxygen atoms in total. The minimum absolute atomic E-state index is 0.114. The molecule has 1 fully saturated rings. The second kappa shape index (κ2) is 7.76. The lowest BCUT2D eigenvalue weighted by Gasteiger charge is -2.31. The number of benzene rings is 1. The molecule has 0 radical (unpaired) electrons. The third-order valence-corrected chi connectivity index (χ3v) is 3.96. The van der Waals surface area contributed by atoms with E-state index in [1.807, 2.05) is 6.92 Å². The molecule has 0 bridgehead atoms. The van der Waals surface area contributed by atoms with E-state index in [2.05, 4.69) is 0 Å². The zero-order valence-electron chi connectivity index (χ0n) is 13.9. The van der Waals surface area contributed by atoms with Gasteiger partial charge in [0.05, 0.1) is 12.7 Å². The monoisotopic (exact) mass is 338 g/mol. The molecule has 0 aliphatic carbocycles. The van der Waals surface area contributed by atoms with Gasteiger partial charge in [-0.2, -0.15) is 0 Å². The molecular formula is C17H22O7. The molecule has 132 valence electrons. The number of fused-ring (bicyclic) bond motifs is 1. The van der Waals surface area contributed by atoms with Gasteiger partial charge in [-0.25, -0.2) is 4.79 Å². The van der Waals surface area contributed by atoms with E-state index in [1.54, 1.807) is 25.1 Å². The van der Waals surface area contributed by atoms with Crippen LogP contribution in [0.3, 0.4) is 0 Å². The van der Waals surface area contributed by atoms with Crippen molar-refractivity contribution in [1.29, 1.82) is 0 Å². The minimum atomic E-state index is -0.911. The third-order valence-electron chi connectivity index (χ3n) is 3.96. The van der Waals surface area contributed by atoms with Crippen LogP contribution in [0.5, 0.6) is 5.75 Å². The van der Waals surface area contributed by atoms with Crippen LogP contribution in [0.25, 0.3) is 11.0 Å². The quantitative estimate of drug-likeness (QED) is 0.697. The van der Waals surface area contributed by atoms with Crippen LogP contribution >= 0.6 is 0 Å². The summed E-state index contributed by atoms with van der Waals surface area (Å²) in [5, 5.41) is 27.1. The van der Waals surface area contributed by atoms with Gasteiger partial charge in [0.25, 0.3) is 0 Å². The van der Waals surface area contributed by atoms with Gasteiger partial charge >= 0.3 is 5.63 Å². The lowest BCUT2D eigenvalue weighted by Crippen LogP contribution is -2.44. The van der Waals surface area contributed by atoms with Crippen LogP contribution in [0.1, 0.15) is 17.5 Å². The van der Waals surface area contributed by atoms with Gasteiger partial charge in [0.1, 0.15) is 17.4 Å². The molecule has 3 rings (SSSR count). The van der Waals surface area contributed by atoms with E-state index in [0.717, 1.165) is 18.1 Å². The summed E-state index contributed by atoms with van der Waals surface area (Å²) in [7, 11) is 1.00. The van der Waals surface area contributed by atoms with E-state index >= 15 is 0 Å². The molecule has 0 saturated carbocycles. The van der Waals surface area contributed by atoms with Crippen LogP contribution in [-0.4, -0.2) is 47.5 Å². The molecule has 0 amide bonds. The summed E-state index contributed by atoms with van der Waals surface area (Å²) < 4.78 is 16.1. The fourth-order valence-electron chi connectivity index (χ4n) is 2.52. The normalized spacial score (nSPS) is 23.5. The summed E-state index contributed by atoms with van der Waals surface area (Å²) in [6.45, 7) is 3.70. The first-order valence-electron chi connectivity index (χ1n) is 7.59. The number of aliphatic hydroxyl groups excluding tert-OH is 3. The van der Waals surface area contributed by atoms with Crippen LogP contribution in [0.2, 0.25) is 0 Å². The van der Waals surface area contributed by atoms with Crippen molar-refractivity contribution in [3.8, 4) is 5.75 Å². The summed E-state index contributed by atoms with van der Waals surface area (Å²) in [4.78, 5) is 11.7. The van der Waals surface area contributed by atoms with Gasteiger partial charge < -0.3 is 29.2 Å². The number of hydrogen-bond acceptors (Lipinski definition) is 7. The Balaban J connectivity index is 0.00000100. The maximum atomic E-state index is 11.7. The van der Waals surface area contributed by atoms with Crippen LogP contribution in [0.15, 0.2) is 27.4 Å². The smallest absolute Gasteiger partial charge is 0.339 e. The highest BCUT2D eigenvalue weighted by Crippen LogP contribution is 2.26. The highest BCUT2D eigenvalue weighted by molar-refractivity contribution is 5.82. The Bertz CT molecular complexity index is 752. The SMILES string of the molecule is CO.Cc1c(C)c2ccc(O[C@@H]3OC[C@H](O)CC3O)cc2oc1=O. The van der Waals surface area contributed by atoms with Crippen molar-refractivity contribution in [2.45, 2.75) is 38.8 Å². The maximum Gasteiger partial charge on any atom is 0.339 e. The topological polar surface area (TPSA) is 109 Å². The van der Waals surface area contributed by atoms with Crippen molar-refractivity contribution in [3.05, 3.63) is 39.7 Å². The van der Waals surface area contributed by atoms with Gasteiger partial charge in [0.15, 0.2) is 0 Å². The zero-order chi connectivity index (χ0) is 17.9. The van der Waals surface area contributed by atoms with E-state index < -0.39 is 18.5 Å². The van der Waals surface area contributed by atoms with Crippen molar-refractivity contribution in [2.24, 2.45) is 0 Å². The molecule has 2 aromatic rings. The van der Waals surface area contributed by atoms with Crippen LogP contribution in [0, 0.1) is 13.8 Å². The number of hydrogen-bond donors (Lipinski definition) is 3. The Labute approximate surface area is 139 Å². The standard InChI is InChI=1S/C16H18O6.CH4O/c1-8-9(2)15(19)22-14-6-11(3-4-12(8)14)21-16-13(18)5-10(17)7-20-16;1-2/h3-4,6,10,13,16-18H,5,7H2,1-2H3;2H,1H3/t10-,13?,16+;/m1./s1. The van der Waals surface area contributed by atoms with E-state index in [9.17, 15) is 15.0 Å². The van der Waals surface area contributed by atoms with Crippen molar-refractivity contribution in [2.75, 3.05) is 13.7 Å². The van der Waals surface area contributed by atoms with Gasteiger partial charge in [-0.05, 0) is 31.5 Å². The molecule has 1 aliphatic heterocycles. The first-order valence-corrected chi connectivity index (χ1v) is 7.59. The van der Waals surface area contributed by atoms with E-state index in [4.69, 9.17) is 19.0 Å². The largest absolute Gasteiger partial charge is 0.462 e. The molecular weight excluding hydrogens is 316 g/mol. The molecule has 7 heteroatoms. The van der Waals surface area contributed by atoms with Crippen LogP contribution in [-0.2, 0) is 4.74 Å². The summed E-state index contributed by atoms with van der Waals surface area (Å²) >= 11 is 0. The number of ether oxygens (including phenoxy) is 2. The average molecular weight is 338 g/mol. The predicted molar refractivity (Wildman–Crippen MR) is 87.1 cm³/mol. The Kier molecular flexibility index (Phi) is 5.95. The summed E-state index contributed by atoms with van der Waals surface area (Å²) in [5.41, 5.74) is 1.51. The van der Waals surface area contributed by atoms with Crippen LogP contribution < -0.4 is 10.4 Å². The summed E-state index contributed by atoms with van der Waals surface area (Å²) in [6, 6.07) is 5.14. The number of aryl methyl sites for hydroxylation is 1. The second-order valence-electron chi connectivity index (χ2n) is 5.57.